The average molecular weight is 281 g/mol. The number of hydrogen-bond acceptors (Lipinski definition) is 5. The highest BCUT2D eigenvalue weighted by Crippen LogP contribution is 2.19. The van der Waals surface area contributed by atoms with Gasteiger partial charge in [-0.3, -0.25) is 5.10 Å². The monoisotopic (exact) mass is 280 g/mol. The lowest BCUT2D eigenvalue weighted by Crippen LogP contribution is -2.22. The molecule has 2 aromatic rings. The molecular weight excluding hydrogens is 264 g/mol. The van der Waals surface area contributed by atoms with Gasteiger partial charge in [0.15, 0.2) is 5.65 Å². The van der Waals surface area contributed by atoms with Crippen LogP contribution in [0.25, 0.3) is 11.0 Å². The summed E-state index contributed by atoms with van der Waals surface area (Å²) in [5.41, 5.74) is 0.669. The second-order valence-corrected chi connectivity index (χ2v) is 5.14. The molecule has 2 N–H and O–H groups in total. The van der Waals surface area contributed by atoms with E-state index in [-0.39, 0.29) is 5.28 Å². The standard InChI is InChI=1S/C12H17ClN6/c13-12-16-10(9-8-15-18-11(9)17-12)14-4-3-7-19-5-1-2-6-19/h8H,1-7H2,(H2,14,15,16,17,18). The lowest BCUT2D eigenvalue weighted by Gasteiger charge is -2.14. The lowest BCUT2D eigenvalue weighted by molar-refractivity contribution is 0.337. The number of hydrogen-bond donors (Lipinski definition) is 2. The van der Waals surface area contributed by atoms with E-state index in [1.54, 1.807) is 6.20 Å². The van der Waals surface area contributed by atoms with E-state index < -0.39 is 0 Å². The van der Waals surface area contributed by atoms with Crippen LogP contribution in [0.5, 0.6) is 0 Å². The normalized spacial score (nSPS) is 16.3. The number of aromatic amines is 1. The van der Waals surface area contributed by atoms with Gasteiger partial charge in [0.25, 0.3) is 0 Å². The number of nitrogens with zero attached hydrogens (tertiary/aromatic N) is 4. The van der Waals surface area contributed by atoms with Gasteiger partial charge in [0.1, 0.15) is 5.82 Å². The molecule has 0 aromatic carbocycles. The summed E-state index contributed by atoms with van der Waals surface area (Å²) in [4.78, 5) is 10.8. The van der Waals surface area contributed by atoms with Crippen LogP contribution in [0.15, 0.2) is 6.20 Å². The largest absolute Gasteiger partial charge is 0.369 e. The van der Waals surface area contributed by atoms with Crippen molar-refractivity contribution in [3.8, 4) is 0 Å². The van der Waals surface area contributed by atoms with E-state index in [9.17, 15) is 0 Å². The van der Waals surface area contributed by atoms with Gasteiger partial charge in [-0.2, -0.15) is 15.1 Å². The molecule has 0 saturated carbocycles. The molecule has 0 aliphatic carbocycles. The zero-order chi connectivity index (χ0) is 13.1. The van der Waals surface area contributed by atoms with Crippen molar-refractivity contribution < 1.29 is 0 Å². The van der Waals surface area contributed by atoms with Crippen molar-refractivity contribution in [3.05, 3.63) is 11.5 Å². The number of anilines is 1. The predicted octanol–water partition coefficient (Wildman–Crippen LogP) is 1.90. The van der Waals surface area contributed by atoms with Crippen LogP contribution in [0.3, 0.4) is 0 Å². The Hall–Kier alpha value is -1.40. The van der Waals surface area contributed by atoms with Crippen LogP contribution in [0.1, 0.15) is 19.3 Å². The van der Waals surface area contributed by atoms with Crippen molar-refractivity contribution in [1.29, 1.82) is 0 Å². The van der Waals surface area contributed by atoms with Crippen LogP contribution in [0.4, 0.5) is 5.82 Å². The third kappa shape index (κ3) is 2.96. The fourth-order valence-electron chi connectivity index (χ4n) is 2.46. The second kappa shape index (κ2) is 5.71. The molecule has 7 heteroatoms. The minimum atomic E-state index is 0.235. The molecule has 0 spiro atoms. The minimum absolute atomic E-state index is 0.235. The summed E-state index contributed by atoms with van der Waals surface area (Å²) in [6.07, 6.45) is 5.49. The number of halogens is 1. The highest BCUT2D eigenvalue weighted by atomic mass is 35.5. The van der Waals surface area contributed by atoms with Crippen LogP contribution in [0, 0.1) is 0 Å². The highest BCUT2D eigenvalue weighted by Gasteiger charge is 2.11. The van der Waals surface area contributed by atoms with Gasteiger partial charge in [0, 0.05) is 6.54 Å². The first kappa shape index (κ1) is 12.6. The summed E-state index contributed by atoms with van der Waals surface area (Å²) in [6.45, 7) is 4.50. The maximum absolute atomic E-state index is 5.88. The van der Waals surface area contributed by atoms with Crippen LogP contribution in [-0.2, 0) is 0 Å². The summed E-state index contributed by atoms with van der Waals surface area (Å²) in [5.74, 6) is 0.755. The number of likely N-dealkylation sites (tertiary alicyclic amines) is 1. The molecule has 1 aliphatic rings. The van der Waals surface area contributed by atoms with Crippen molar-refractivity contribution in [2.24, 2.45) is 0 Å². The quantitative estimate of drug-likeness (QED) is 0.647. The SMILES string of the molecule is Clc1nc(NCCCN2CCCC2)c2cn[nH]c2n1. The first-order chi connectivity index (χ1) is 9.33. The molecule has 102 valence electrons. The number of nitrogens with one attached hydrogen (secondary N) is 2. The predicted molar refractivity (Wildman–Crippen MR) is 75.5 cm³/mol. The molecule has 6 nitrogen and oxygen atoms in total. The van der Waals surface area contributed by atoms with Gasteiger partial charge in [-0.15, -0.1) is 0 Å². The molecule has 1 saturated heterocycles. The molecule has 0 amide bonds. The van der Waals surface area contributed by atoms with Crippen molar-refractivity contribution >= 4 is 28.5 Å². The zero-order valence-electron chi connectivity index (χ0n) is 10.7. The van der Waals surface area contributed by atoms with Crippen LogP contribution >= 0.6 is 11.6 Å². The smallest absolute Gasteiger partial charge is 0.226 e. The summed E-state index contributed by atoms with van der Waals surface area (Å²) in [6, 6.07) is 0. The number of fused-ring (bicyclic) bond motifs is 1. The molecule has 0 radical (unpaired) electrons. The average Bonchev–Trinajstić information content (AvgIpc) is 3.04. The van der Waals surface area contributed by atoms with E-state index in [4.69, 9.17) is 11.6 Å². The lowest BCUT2D eigenvalue weighted by atomic mass is 10.3. The van der Waals surface area contributed by atoms with Crippen molar-refractivity contribution in [2.45, 2.75) is 19.3 Å². The molecule has 19 heavy (non-hydrogen) atoms. The fraction of sp³-hybridized carbons (Fsp3) is 0.583. The van der Waals surface area contributed by atoms with Gasteiger partial charge in [-0.1, -0.05) is 0 Å². The van der Waals surface area contributed by atoms with Gasteiger partial charge in [0.05, 0.1) is 11.6 Å². The van der Waals surface area contributed by atoms with Crippen LogP contribution in [0.2, 0.25) is 5.28 Å². The summed E-state index contributed by atoms with van der Waals surface area (Å²) >= 11 is 5.88. The Morgan fingerprint density at radius 3 is 3.00 bits per heavy atom. The molecule has 0 bridgehead atoms. The van der Waals surface area contributed by atoms with Gasteiger partial charge in [0.2, 0.25) is 5.28 Å². The molecule has 2 aromatic heterocycles. The van der Waals surface area contributed by atoms with Crippen LogP contribution in [-0.4, -0.2) is 51.2 Å². The zero-order valence-corrected chi connectivity index (χ0v) is 11.4. The topological polar surface area (TPSA) is 69.7 Å². The Bertz CT molecular complexity index is 548. The third-order valence-electron chi connectivity index (χ3n) is 3.42. The Kier molecular flexibility index (Phi) is 3.79. The first-order valence-corrected chi connectivity index (χ1v) is 7.03. The van der Waals surface area contributed by atoms with E-state index in [1.807, 2.05) is 0 Å². The molecular formula is C12H17ClN6. The van der Waals surface area contributed by atoms with E-state index >= 15 is 0 Å². The Balaban J connectivity index is 1.57. The number of rotatable bonds is 5. The fourth-order valence-corrected chi connectivity index (χ4v) is 2.63. The van der Waals surface area contributed by atoms with Crippen molar-refractivity contribution in [1.82, 2.24) is 25.1 Å². The molecule has 1 aliphatic heterocycles. The van der Waals surface area contributed by atoms with E-state index in [0.717, 1.165) is 30.7 Å². The first-order valence-electron chi connectivity index (χ1n) is 6.66. The van der Waals surface area contributed by atoms with Crippen molar-refractivity contribution in [3.63, 3.8) is 0 Å². The molecule has 0 unspecified atom stereocenters. The maximum atomic E-state index is 5.88. The Labute approximate surface area is 116 Å². The number of aromatic nitrogens is 4. The van der Waals surface area contributed by atoms with Crippen LogP contribution < -0.4 is 5.32 Å². The molecule has 3 rings (SSSR count). The van der Waals surface area contributed by atoms with Gasteiger partial charge in [-0.25, -0.2) is 0 Å². The molecule has 0 atom stereocenters. The van der Waals surface area contributed by atoms with Gasteiger partial charge >= 0.3 is 0 Å². The Morgan fingerprint density at radius 2 is 2.16 bits per heavy atom. The molecule has 1 fully saturated rings. The van der Waals surface area contributed by atoms with E-state index in [1.165, 1.54) is 25.9 Å². The summed E-state index contributed by atoms with van der Waals surface area (Å²) < 4.78 is 0. The van der Waals surface area contributed by atoms with E-state index in [2.05, 4.69) is 30.4 Å². The van der Waals surface area contributed by atoms with Gasteiger partial charge < -0.3 is 10.2 Å². The van der Waals surface area contributed by atoms with Crippen molar-refractivity contribution in [2.75, 3.05) is 31.5 Å². The maximum Gasteiger partial charge on any atom is 0.226 e. The minimum Gasteiger partial charge on any atom is -0.369 e. The van der Waals surface area contributed by atoms with E-state index in [0.29, 0.717) is 5.65 Å². The Morgan fingerprint density at radius 1 is 1.32 bits per heavy atom. The number of H-pyrrole nitrogens is 1. The summed E-state index contributed by atoms with van der Waals surface area (Å²) in [5, 5.41) is 11.2. The highest BCUT2D eigenvalue weighted by molar-refractivity contribution is 6.28. The third-order valence-corrected chi connectivity index (χ3v) is 3.59. The molecule has 3 heterocycles. The van der Waals surface area contributed by atoms with Gasteiger partial charge in [-0.05, 0) is 50.5 Å². The second-order valence-electron chi connectivity index (χ2n) is 4.80. The summed E-state index contributed by atoms with van der Waals surface area (Å²) in [7, 11) is 0.